The molecule has 0 aliphatic heterocycles. The molecule has 0 fully saturated rings. The van der Waals surface area contributed by atoms with Crippen molar-refractivity contribution in [2.45, 2.75) is 46.1 Å². The lowest BCUT2D eigenvalue weighted by Crippen LogP contribution is -2.24. The number of allylic oxidation sites excluding steroid dienone is 1. The number of phenolic OH excluding ortho intramolecular Hbond substituents is 1. The van der Waals surface area contributed by atoms with Gasteiger partial charge in [0.2, 0.25) is 0 Å². The normalized spacial score (nSPS) is 12.4. The second-order valence-corrected chi connectivity index (χ2v) is 9.02. The summed E-state index contributed by atoms with van der Waals surface area (Å²) in [6.07, 6.45) is 1.35. The second kappa shape index (κ2) is 9.05. The lowest BCUT2D eigenvalue weighted by molar-refractivity contribution is 0.454. The number of aromatic hydroxyl groups is 1. The van der Waals surface area contributed by atoms with Crippen molar-refractivity contribution >= 4 is 16.1 Å². The Labute approximate surface area is 167 Å². The number of phenols is 1. The Morgan fingerprint density at radius 1 is 1.11 bits per heavy atom. The number of rotatable bonds is 7. The fourth-order valence-electron chi connectivity index (χ4n) is 2.84. The lowest BCUT2D eigenvalue weighted by atomic mass is 9.91. The van der Waals surface area contributed by atoms with Crippen molar-refractivity contribution in [1.29, 1.82) is 5.26 Å². The number of benzene rings is 2. The highest BCUT2D eigenvalue weighted by Gasteiger charge is 2.19. The minimum atomic E-state index is -3.96. The third-order valence-corrected chi connectivity index (χ3v) is 5.75. The minimum absolute atomic E-state index is 0.0594. The molecule has 5 nitrogen and oxygen atoms in total. The van der Waals surface area contributed by atoms with E-state index in [0.717, 1.165) is 16.7 Å². The molecule has 0 aliphatic rings. The van der Waals surface area contributed by atoms with Crippen LogP contribution in [0, 0.1) is 11.3 Å². The maximum atomic E-state index is 12.6. The average Bonchev–Trinajstić information content (AvgIpc) is 2.65. The topological polar surface area (TPSA) is 90.2 Å². The molecule has 2 aromatic rings. The molecule has 0 aliphatic carbocycles. The summed E-state index contributed by atoms with van der Waals surface area (Å²) in [4.78, 5) is -0.362. The molecule has 6 heteroatoms. The van der Waals surface area contributed by atoms with Gasteiger partial charge in [-0.15, -0.1) is 0 Å². The summed E-state index contributed by atoms with van der Waals surface area (Å²) in [5.41, 5.74) is 2.83. The lowest BCUT2D eigenvalue weighted by Gasteiger charge is -2.16. The molecule has 0 saturated carbocycles. The zero-order valence-electron chi connectivity index (χ0n) is 16.6. The first-order valence-electron chi connectivity index (χ1n) is 9.18. The number of nitrogens with zero attached hydrogens (tertiary/aromatic N) is 1. The fraction of sp³-hybridized carbons (Fsp3) is 0.318. The maximum absolute atomic E-state index is 12.6. The standard InChI is InChI=1S/C22H26N2O3S/c1-15(2)20-11-18(12-21(16(3)4)22(20)25)10-19(13-23)28(26,27)24-14-17-8-6-5-7-9-17/h5-12,15-16,24-25H,14H2,1-4H3. The summed E-state index contributed by atoms with van der Waals surface area (Å²) in [5, 5.41) is 19.9. The van der Waals surface area contributed by atoms with Gasteiger partial charge in [0.25, 0.3) is 10.0 Å². The summed E-state index contributed by atoms with van der Waals surface area (Å²) < 4.78 is 27.7. The van der Waals surface area contributed by atoms with Crippen LogP contribution in [0.3, 0.4) is 0 Å². The molecule has 0 unspecified atom stereocenters. The van der Waals surface area contributed by atoms with Crippen LogP contribution in [0.2, 0.25) is 0 Å². The van der Waals surface area contributed by atoms with Crippen LogP contribution in [0.5, 0.6) is 5.75 Å². The zero-order chi connectivity index (χ0) is 20.9. The summed E-state index contributed by atoms with van der Waals surface area (Å²) in [6, 6.07) is 14.4. The molecule has 148 valence electrons. The summed E-state index contributed by atoms with van der Waals surface area (Å²) >= 11 is 0. The van der Waals surface area contributed by atoms with Gasteiger partial charge in [-0.05, 0) is 52.3 Å². The average molecular weight is 399 g/mol. The van der Waals surface area contributed by atoms with E-state index in [1.807, 2.05) is 58.0 Å². The van der Waals surface area contributed by atoms with Crippen molar-refractivity contribution < 1.29 is 13.5 Å². The molecule has 0 bridgehead atoms. The first-order valence-corrected chi connectivity index (χ1v) is 10.7. The Balaban J connectivity index is 2.41. The second-order valence-electron chi connectivity index (χ2n) is 7.29. The molecular weight excluding hydrogens is 372 g/mol. The Hall–Kier alpha value is -2.62. The highest BCUT2D eigenvalue weighted by molar-refractivity contribution is 7.93. The zero-order valence-corrected chi connectivity index (χ0v) is 17.4. The Kier molecular flexibility index (Phi) is 7.00. The predicted molar refractivity (Wildman–Crippen MR) is 112 cm³/mol. The van der Waals surface area contributed by atoms with Gasteiger partial charge in [-0.2, -0.15) is 5.26 Å². The van der Waals surface area contributed by atoms with Crippen molar-refractivity contribution in [3.8, 4) is 11.8 Å². The van der Waals surface area contributed by atoms with E-state index in [4.69, 9.17) is 0 Å². The van der Waals surface area contributed by atoms with Crippen LogP contribution < -0.4 is 4.72 Å². The van der Waals surface area contributed by atoms with Crippen LogP contribution in [0.4, 0.5) is 0 Å². The maximum Gasteiger partial charge on any atom is 0.251 e. The van der Waals surface area contributed by atoms with E-state index < -0.39 is 10.0 Å². The highest BCUT2D eigenvalue weighted by atomic mass is 32.2. The van der Waals surface area contributed by atoms with E-state index in [9.17, 15) is 18.8 Å². The van der Waals surface area contributed by atoms with Gasteiger partial charge in [-0.1, -0.05) is 58.0 Å². The van der Waals surface area contributed by atoms with Gasteiger partial charge in [-0.25, -0.2) is 13.1 Å². The van der Waals surface area contributed by atoms with E-state index in [0.29, 0.717) is 5.56 Å². The number of sulfonamides is 1. The summed E-state index contributed by atoms with van der Waals surface area (Å²) in [6.45, 7) is 7.92. The molecule has 0 amide bonds. The van der Waals surface area contributed by atoms with Crippen molar-refractivity contribution in [3.05, 3.63) is 69.6 Å². The minimum Gasteiger partial charge on any atom is -0.507 e. The van der Waals surface area contributed by atoms with Crippen LogP contribution in [0.1, 0.15) is 61.8 Å². The number of hydrogen-bond acceptors (Lipinski definition) is 4. The van der Waals surface area contributed by atoms with Gasteiger partial charge < -0.3 is 5.11 Å². The van der Waals surface area contributed by atoms with Gasteiger partial charge in [0.1, 0.15) is 11.8 Å². The number of hydrogen-bond donors (Lipinski definition) is 2. The van der Waals surface area contributed by atoms with E-state index >= 15 is 0 Å². The first-order chi connectivity index (χ1) is 13.2. The Morgan fingerprint density at radius 2 is 1.64 bits per heavy atom. The summed E-state index contributed by atoms with van der Waals surface area (Å²) in [7, 11) is -3.96. The van der Waals surface area contributed by atoms with Gasteiger partial charge in [0, 0.05) is 6.54 Å². The molecule has 2 rings (SSSR count). The van der Waals surface area contributed by atoms with E-state index in [2.05, 4.69) is 4.72 Å². The molecule has 0 aromatic heterocycles. The van der Waals surface area contributed by atoms with Crippen molar-refractivity contribution in [2.24, 2.45) is 0 Å². The SMILES string of the molecule is CC(C)c1cc(C=C(C#N)S(=O)(=O)NCc2ccccc2)cc(C(C)C)c1O. The predicted octanol–water partition coefficient (Wildman–Crippen LogP) is 4.62. The molecule has 0 saturated heterocycles. The molecule has 0 atom stereocenters. The van der Waals surface area contributed by atoms with Crippen molar-refractivity contribution in [3.63, 3.8) is 0 Å². The van der Waals surface area contributed by atoms with Crippen LogP contribution in [-0.2, 0) is 16.6 Å². The quantitative estimate of drug-likeness (QED) is 0.666. The van der Waals surface area contributed by atoms with Crippen LogP contribution >= 0.6 is 0 Å². The van der Waals surface area contributed by atoms with Crippen molar-refractivity contribution in [2.75, 3.05) is 0 Å². The van der Waals surface area contributed by atoms with Crippen LogP contribution in [0.15, 0.2) is 47.4 Å². The smallest absolute Gasteiger partial charge is 0.251 e. The molecule has 0 radical (unpaired) electrons. The van der Waals surface area contributed by atoms with E-state index in [1.54, 1.807) is 18.2 Å². The molecule has 0 heterocycles. The third-order valence-electron chi connectivity index (χ3n) is 4.44. The van der Waals surface area contributed by atoms with Gasteiger partial charge in [-0.3, -0.25) is 0 Å². The largest absolute Gasteiger partial charge is 0.507 e. The molecule has 2 N–H and O–H groups in total. The summed E-state index contributed by atoms with van der Waals surface area (Å²) in [5.74, 6) is 0.346. The Morgan fingerprint density at radius 3 is 2.11 bits per heavy atom. The molecule has 0 spiro atoms. The number of nitrogens with one attached hydrogen (secondary N) is 1. The van der Waals surface area contributed by atoms with Crippen LogP contribution in [-0.4, -0.2) is 13.5 Å². The monoisotopic (exact) mass is 398 g/mol. The number of nitriles is 1. The highest BCUT2D eigenvalue weighted by Crippen LogP contribution is 2.35. The Bertz CT molecular complexity index is 973. The molecule has 28 heavy (non-hydrogen) atoms. The van der Waals surface area contributed by atoms with Crippen molar-refractivity contribution in [1.82, 2.24) is 4.72 Å². The van der Waals surface area contributed by atoms with Gasteiger partial charge in [0.05, 0.1) is 0 Å². The van der Waals surface area contributed by atoms with Gasteiger partial charge >= 0.3 is 0 Å². The fourth-order valence-corrected chi connectivity index (χ4v) is 3.76. The first kappa shape index (κ1) is 21.7. The third kappa shape index (κ3) is 5.22. The van der Waals surface area contributed by atoms with Gasteiger partial charge in [0.15, 0.2) is 4.91 Å². The van der Waals surface area contributed by atoms with E-state index in [-0.39, 0.29) is 29.0 Å². The van der Waals surface area contributed by atoms with E-state index in [1.165, 1.54) is 6.08 Å². The van der Waals surface area contributed by atoms with Crippen LogP contribution in [0.25, 0.3) is 6.08 Å². The molecule has 2 aromatic carbocycles. The molecular formula is C22H26N2O3S.